The van der Waals surface area contributed by atoms with Crippen molar-refractivity contribution in [3.8, 4) is 5.75 Å². The quantitative estimate of drug-likeness (QED) is 0.455. The highest BCUT2D eigenvalue weighted by atomic mass is 35.5. The van der Waals surface area contributed by atoms with Crippen molar-refractivity contribution in [1.82, 2.24) is 9.62 Å². The van der Waals surface area contributed by atoms with Gasteiger partial charge in [-0.2, -0.15) is 0 Å². The molecule has 2 aromatic carbocycles. The van der Waals surface area contributed by atoms with Gasteiger partial charge >= 0.3 is 0 Å². The van der Waals surface area contributed by atoms with Crippen LogP contribution < -0.4 is 10.1 Å². The Hall–Kier alpha value is -1.80. The minimum atomic E-state index is -3.60. The zero-order valence-corrected chi connectivity index (χ0v) is 23.2. The Labute approximate surface area is 219 Å². The zero-order valence-electron chi connectivity index (χ0n) is 20.9. The second-order valence-corrected chi connectivity index (χ2v) is 12.3. The molecule has 35 heavy (non-hydrogen) atoms. The number of piperidine rings is 1. The molecular weight excluding hydrogens is 507 g/mol. The number of carbonyl (C=O) groups excluding carboxylic acids is 1. The number of rotatable bonds is 8. The molecule has 2 aromatic rings. The third kappa shape index (κ3) is 6.70. The van der Waals surface area contributed by atoms with E-state index in [0.29, 0.717) is 35.0 Å². The van der Waals surface area contributed by atoms with E-state index >= 15 is 0 Å². The van der Waals surface area contributed by atoms with Gasteiger partial charge in [-0.1, -0.05) is 43.1 Å². The highest BCUT2D eigenvalue weighted by Gasteiger charge is 2.33. The lowest BCUT2D eigenvalue weighted by atomic mass is 9.92. The summed E-state index contributed by atoms with van der Waals surface area (Å²) < 4.78 is 33.1. The van der Waals surface area contributed by atoms with E-state index in [-0.39, 0.29) is 30.2 Å². The third-order valence-electron chi connectivity index (χ3n) is 6.55. The molecule has 0 spiro atoms. The first-order chi connectivity index (χ1) is 16.4. The smallest absolute Gasteiger partial charge is 0.224 e. The molecule has 6 nitrogen and oxygen atoms in total. The summed E-state index contributed by atoms with van der Waals surface area (Å²) in [6, 6.07) is 8.71. The molecule has 0 bridgehead atoms. The summed E-state index contributed by atoms with van der Waals surface area (Å²) in [5.41, 5.74) is 3.72. The van der Waals surface area contributed by atoms with Crippen LogP contribution in [0.5, 0.6) is 5.75 Å². The van der Waals surface area contributed by atoms with E-state index in [1.807, 2.05) is 19.9 Å². The van der Waals surface area contributed by atoms with Crippen LogP contribution in [0.4, 0.5) is 0 Å². The Bertz CT molecular complexity index is 1180. The summed E-state index contributed by atoms with van der Waals surface area (Å²) in [7, 11) is -1.94. The zero-order chi connectivity index (χ0) is 25.9. The highest BCUT2D eigenvalue weighted by molar-refractivity contribution is 7.88. The maximum atomic E-state index is 13.2. The van der Waals surface area contributed by atoms with Gasteiger partial charge in [0.2, 0.25) is 15.9 Å². The fraction of sp³-hybridized carbons (Fsp3) is 0.500. The van der Waals surface area contributed by atoms with Gasteiger partial charge in [-0.15, -0.1) is 0 Å². The molecule has 0 aromatic heterocycles. The van der Waals surface area contributed by atoms with Gasteiger partial charge in [-0.3, -0.25) is 4.79 Å². The number of benzene rings is 2. The molecule has 2 atom stereocenters. The van der Waals surface area contributed by atoms with Crippen LogP contribution in [0.25, 0.3) is 0 Å². The van der Waals surface area contributed by atoms with E-state index in [0.717, 1.165) is 22.4 Å². The van der Waals surface area contributed by atoms with Crippen molar-refractivity contribution in [1.29, 1.82) is 0 Å². The molecule has 1 aliphatic rings. The van der Waals surface area contributed by atoms with Crippen molar-refractivity contribution in [2.75, 3.05) is 20.2 Å². The van der Waals surface area contributed by atoms with E-state index in [9.17, 15) is 13.2 Å². The van der Waals surface area contributed by atoms with E-state index < -0.39 is 15.9 Å². The van der Waals surface area contributed by atoms with Crippen molar-refractivity contribution in [3.63, 3.8) is 0 Å². The molecule has 1 fully saturated rings. The molecule has 0 radical (unpaired) electrons. The van der Waals surface area contributed by atoms with Crippen LogP contribution in [0.15, 0.2) is 30.3 Å². The molecule has 1 amide bonds. The van der Waals surface area contributed by atoms with Crippen LogP contribution in [-0.4, -0.2) is 38.8 Å². The number of halogens is 2. The second kappa shape index (κ2) is 11.5. The van der Waals surface area contributed by atoms with Crippen molar-refractivity contribution in [3.05, 3.63) is 62.6 Å². The SMILES string of the molecule is COc1cc(C)c(C(C)NC(=O)C2CCCN(S(=O)(=O)Cc3ccc(Cl)c(Cl)c3)C2)cc1C(C)C. The lowest BCUT2D eigenvalue weighted by Crippen LogP contribution is -2.46. The number of methoxy groups -OCH3 is 1. The van der Waals surface area contributed by atoms with Gasteiger partial charge in [0.1, 0.15) is 5.75 Å². The van der Waals surface area contributed by atoms with Gasteiger partial charge < -0.3 is 10.1 Å². The number of nitrogens with one attached hydrogen (secondary N) is 1. The minimum Gasteiger partial charge on any atom is -0.496 e. The number of amides is 1. The molecular formula is C26H34Cl2N2O4S. The molecule has 1 saturated heterocycles. The average molecular weight is 542 g/mol. The van der Waals surface area contributed by atoms with E-state index in [2.05, 4.69) is 25.2 Å². The molecule has 1 heterocycles. The van der Waals surface area contributed by atoms with Crippen LogP contribution in [0.2, 0.25) is 10.0 Å². The number of carbonyl (C=O) groups is 1. The summed E-state index contributed by atoms with van der Waals surface area (Å²) in [6.07, 6.45) is 1.28. The fourth-order valence-corrected chi connectivity index (χ4v) is 6.48. The van der Waals surface area contributed by atoms with Gasteiger partial charge in [0.25, 0.3) is 0 Å². The lowest BCUT2D eigenvalue weighted by Gasteiger charge is -2.32. The number of aryl methyl sites for hydroxylation is 1. The highest BCUT2D eigenvalue weighted by Crippen LogP contribution is 2.32. The maximum Gasteiger partial charge on any atom is 0.224 e. The fourth-order valence-electron chi connectivity index (χ4n) is 4.56. The predicted molar refractivity (Wildman–Crippen MR) is 142 cm³/mol. The first-order valence-electron chi connectivity index (χ1n) is 11.8. The molecule has 192 valence electrons. The molecule has 0 saturated carbocycles. The first kappa shape index (κ1) is 27.8. The van der Waals surface area contributed by atoms with Crippen molar-refractivity contribution >= 4 is 39.1 Å². The topological polar surface area (TPSA) is 75.7 Å². The van der Waals surface area contributed by atoms with Crippen LogP contribution in [0.1, 0.15) is 67.8 Å². The Morgan fingerprint density at radius 1 is 1.14 bits per heavy atom. The van der Waals surface area contributed by atoms with Gasteiger partial charge in [-0.25, -0.2) is 12.7 Å². The van der Waals surface area contributed by atoms with Gasteiger partial charge in [0, 0.05) is 13.1 Å². The molecule has 9 heteroatoms. The van der Waals surface area contributed by atoms with Gasteiger partial charge in [0.05, 0.1) is 34.9 Å². The Morgan fingerprint density at radius 2 is 1.86 bits per heavy atom. The van der Waals surface area contributed by atoms with Crippen LogP contribution in [0, 0.1) is 12.8 Å². The number of sulfonamides is 1. The van der Waals surface area contributed by atoms with Crippen molar-refractivity contribution in [2.24, 2.45) is 5.92 Å². The van der Waals surface area contributed by atoms with Crippen molar-refractivity contribution < 1.29 is 17.9 Å². The normalized spacial score (nSPS) is 17.9. The minimum absolute atomic E-state index is 0.131. The number of hydrogen-bond donors (Lipinski definition) is 1. The van der Waals surface area contributed by atoms with E-state index in [1.165, 1.54) is 4.31 Å². The summed E-state index contributed by atoms with van der Waals surface area (Å²) in [5, 5.41) is 3.81. The van der Waals surface area contributed by atoms with E-state index in [1.54, 1.807) is 25.3 Å². The van der Waals surface area contributed by atoms with Gasteiger partial charge in [-0.05, 0) is 79.1 Å². The van der Waals surface area contributed by atoms with Crippen LogP contribution in [0.3, 0.4) is 0 Å². The first-order valence-corrected chi connectivity index (χ1v) is 14.2. The molecule has 1 aliphatic heterocycles. The van der Waals surface area contributed by atoms with Crippen molar-refractivity contribution in [2.45, 2.75) is 58.2 Å². The number of nitrogens with zero attached hydrogens (tertiary/aromatic N) is 1. The summed E-state index contributed by atoms with van der Waals surface area (Å²) in [5.74, 6) is 0.401. The third-order valence-corrected chi connectivity index (χ3v) is 9.10. The summed E-state index contributed by atoms with van der Waals surface area (Å²) in [6.45, 7) is 8.74. The number of ether oxygens (including phenoxy) is 1. The average Bonchev–Trinajstić information content (AvgIpc) is 2.80. The van der Waals surface area contributed by atoms with Crippen LogP contribution in [-0.2, 0) is 20.6 Å². The Balaban J connectivity index is 1.70. The number of hydrogen-bond acceptors (Lipinski definition) is 4. The summed E-state index contributed by atoms with van der Waals surface area (Å²) in [4.78, 5) is 13.2. The largest absolute Gasteiger partial charge is 0.496 e. The van der Waals surface area contributed by atoms with Crippen LogP contribution >= 0.6 is 23.2 Å². The lowest BCUT2D eigenvalue weighted by molar-refractivity contribution is -0.126. The molecule has 1 N–H and O–H groups in total. The Morgan fingerprint density at radius 3 is 2.49 bits per heavy atom. The maximum absolute atomic E-state index is 13.2. The standard InChI is InChI=1S/C26H34Cl2N2O4S/c1-16(2)21-13-22(17(3)11-25(21)34-5)18(4)29-26(31)20-7-6-10-30(14-20)35(32,33)15-19-8-9-23(27)24(28)12-19/h8-9,11-13,16,18,20H,6-7,10,14-15H2,1-5H3,(H,29,31). The molecule has 2 unspecified atom stereocenters. The summed E-state index contributed by atoms with van der Waals surface area (Å²) >= 11 is 12.0. The second-order valence-electron chi connectivity index (χ2n) is 9.54. The predicted octanol–water partition coefficient (Wildman–Crippen LogP) is 5.85. The Kier molecular flexibility index (Phi) is 9.13. The monoisotopic (exact) mass is 540 g/mol. The van der Waals surface area contributed by atoms with Gasteiger partial charge in [0.15, 0.2) is 0 Å². The molecule has 0 aliphatic carbocycles. The van der Waals surface area contributed by atoms with E-state index in [4.69, 9.17) is 27.9 Å². The molecule has 3 rings (SSSR count).